The van der Waals surface area contributed by atoms with Gasteiger partial charge in [-0.3, -0.25) is 15.0 Å². The van der Waals surface area contributed by atoms with Gasteiger partial charge in [-0.2, -0.15) is 0 Å². The molecule has 2 amide bonds. The third-order valence-corrected chi connectivity index (χ3v) is 5.20. The van der Waals surface area contributed by atoms with E-state index in [0.717, 1.165) is 17.5 Å². The topological polar surface area (TPSA) is 49.4 Å². The van der Waals surface area contributed by atoms with Crippen molar-refractivity contribution in [1.29, 1.82) is 0 Å². The fourth-order valence-corrected chi connectivity index (χ4v) is 3.36. The molecule has 1 aliphatic rings. The molecule has 1 N–H and O–H groups in total. The molecule has 4 nitrogen and oxygen atoms in total. The van der Waals surface area contributed by atoms with Crippen molar-refractivity contribution < 1.29 is 9.59 Å². The monoisotopic (exact) mass is 362 g/mol. The normalized spacial score (nSPS) is 15.5. The molecular formula is C23H26N2O2. The van der Waals surface area contributed by atoms with Gasteiger partial charge in [0.25, 0.3) is 11.8 Å². The van der Waals surface area contributed by atoms with Gasteiger partial charge in [-0.05, 0) is 67.2 Å². The number of carbonyl (C=O) groups is 2. The second-order valence-corrected chi connectivity index (χ2v) is 7.00. The summed E-state index contributed by atoms with van der Waals surface area (Å²) in [5, 5.41) is 1.30. The highest BCUT2D eigenvalue weighted by atomic mass is 16.2. The standard InChI is InChI=1S/C23H26N2O2/c1-4-5-7-10-18-13-14-19(17(3)16(18)2)15-21-22(26)24-25(23(21)27)20-11-8-6-9-12-20/h6,8-9,11-15H,4-5,7,10H2,1-3H3,(H,24,26). The van der Waals surface area contributed by atoms with Gasteiger partial charge in [-0.1, -0.05) is 50.1 Å². The zero-order valence-electron chi connectivity index (χ0n) is 16.2. The van der Waals surface area contributed by atoms with Crippen LogP contribution in [0.2, 0.25) is 0 Å². The molecule has 0 atom stereocenters. The molecule has 2 aromatic rings. The molecule has 1 saturated heterocycles. The van der Waals surface area contributed by atoms with Crippen molar-refractivity contribution in [1.82, 2.24) is 5.43 Å². The van der Waals surface area contributed by atoms with Gasteiger partial charge >= 0.3 is 0 Å². The second-order valence-electron chi connectivity index (χ2n) is 7.00. The minimum absolute atomic E-state index is 0.167. The molecule has 0 spiro atoms. The van der Waals surface area contributed by atoms with Crippen molar-refractivity contribution in [2.24, 2.45) is 0 Å². The number of aryl methyl sites for hydroxylation is 1. The molecule has 1 heterocycles. The minimum Gasteiger partial charge on any atom is -0.267 e. The lowest BCUT2D eigenvalue weighted by atomic mass is 9.94. The predicted molar refractivity (Wildman–Crippen MR) is 109 cm³/mol. The molecule has 140 valence electrons. The number of amides is 2. The number of benzene rings is 2. The Hall–Kier alpha value is -2.88. The highest BCUT2D eigenvalue weighted by Gasteiger charge is 2.34. The second kappa shape index (κ2) is 8.21. The lowest BCUT2D eigenvalue weighted by molar-refractivity contribution is -0.117. The van der Waals surface area contributed by atoms with Crippen LogP contribution in [0.3, 0.4) is 0 Å². The van der Waals surface area contributed by atoms with Crippen LogP contribution in [0.25, 0.3) is 6.08 Å². The van der Waals surface area contributed by atoms with E-state index in [2.05, 4.69) is 32.3 Å². The smallest absolute Gasteiger partial charge is 0.267 e. The molecule has 2 aromatic carbocycles. The molecule has 0 aromatic heterocycles. The van der Waals surface area contributed by atoms with Crippen LogP contribution in [-0.2, 0) is 16.0 Å². The van der Waals surface area contributed by atoms with E-state index >= 15 is 0 Å². The van der Waals surface area contributed by atoms with Gasteiger partial charge in [0, 0.05) is 0 Å². The number of carbonyl (C=O) groups excluding carboxylic acids is 2. The number of hydrogen-bond donors (Lipinski definition) is 1. The van der Waals surface area contributed by atoms with Crippen LogP contribution < -0.4 is 10.4 Å². The maximum Gasteiger partial charge on any atom is 0.282 e. The first-order valence-corrected chi connectivity index (χ1v) is 9.54. The van der Waals surface area contributed by atoms with Crippen LogP contribution in [0.1, 0.15) is 48.4 Å². The Kier molecular flexibility index (Phi) is 5.75. The van der Waals surface area contributed by atoms with E-state index < -0.39 is 0 Å². The lowest BCUT2D eigenvalue weighted by Gasteiger charge is -2.14. The first-order valence-electron chi connectivity index (χ1n) is 9.54. The largest absolute Gasteiger partial charge is 0.282 e. The summed E-state index contributed by atoms with van der Waals surface area (Å²) in [6.07, 6.45) is 6.40. The van der Waals surface area contributed by atoms with Crippen molar-refractivity contribution in [3.05, 3.63) is 70.3 Å². The zero-order valence-corrected chi connectivity index (χ0v) is 16.2. The molecule has 0 aliphatic carbocycles. The average Bonchev–Trinajstić information content (AvgIpc) is 2.96. The van der Waals surface area contributed by atoms with Gasteiger partial charge in [0.1, 0.15) is 5.57 Å². The van der Waals surface area contributed by atoms with E-state index in [4.69, 9.17) is 0 Å². The van der Waals surface area contributed by atoms with Crippen molar-refractivity contribution >= 4 is 23.6 Å². The van der Waals surface area contributed by atoms with Crippen LogP contribution in [0, 0.1) is 13.8 Å². The third kappa shape index (κ3) is 3.95. The molecule has 0 saturated carbocycles. The summed E-state index contributed by atoms with van der Waals surface area (Å²) < 4.78 is 0. The molecule has 3 rings (SSSR count). The molecule has 4 heteroatoms. The highest BCUT2D eigenvalue weighted by Crippen LogP contribution is 2.25. The molecule has 0 bridgehead atoms. The summed E-state index contributed by atoms with van der Waals surface area (Å²) in [5.41, 5.74) is 8.09. The number of nitrogens with zero attached hydrogens (tertiary/aromatic N) is 1. The fourth-order valence-electron chi connectivity index (χ4n) is 3.36. The summed E-state index contributed by atoms with van der Waals surface area (Å²) in [6.45, 7) is 6.37. The van der Waals surface area contributed by atoms with E-state index in [0.29, 0.717) is 5.69 Å². The van der Waals surface area contributed by atoms with Crippen molar-refractivity contribution in [3.63, 3.8) is 0 Å². The van der Waals surface area contributed by atoms with Crippen LogP contribution in [0.15, 0.2) is 48.0 Å². The summed E-state index contributed by atoms with van der Waals surface area (Å²) in [6, 6.07) is 13.3. The Labute approximate surface area is 160 Å². The van der Waals surface area contributed by atoms with Gasteiger partial charge in [0.15, 0.2) is 0 Å². The van der Waals surface area contributed by atoms with Crippen LogP contribution in [0.4, 0.5) is 5.69 Å². The minimum atomic E-state index is -0.368. The molecule has 0 radical (unpaired) electrons. The number of rotatable bonds is 6. The number of para-hydroxylation sites is 1. The van der Waals surface area contributed by atoms with Gasteiger partial charge < -0.3 is 0 Å². The number of unbranched alkanes of at least 4 members (excludes halogenated alkanes) is 2. The molecule has 27 heavy (non-hydrogen) atoms. The van der Waals surface area contributed by atoms with Crippen molar-refractivity contribution in [3.8, 4) is 0 Å². The summed E-state index contributed by atoms with van der Waals surface area (Å²) in [5.74, 6) is -0.691. The Morgan fingerprint density at radius 3 is 2.41 bits per heavy atom. The Morgan fingerprint density at radius 2 is 1.70 bits per heavy atom. The first kappa shape index (κ1) is 18.9. The van der Waals surface area contributed by atoms with Crippen LogP contribution >= 0.6 is 0 Å². The van der Waals surface area contributed by atoms with Crippen LogP contribution in [0.5, 0.6) is 0 Å². The lowest BCUT2D eigenvalue weighted by Crippen LogP contribution is -2.35. The Morgan fingerprint density at radius 1 is 0.963 bits per heavy atom. The quantitative estimate of drug-likeness (QED) is 0.467. The molecule has 0 unspecified atom stereocenters. The third-order valence-electron chi connectivity index (χ3n) is 5.20. The van der Waals surface area contributed by atoms with Crippen LogP contribution in [-0.4, -0.2) is 11.8 Å². The van der Waals surface area contributed by atoms with Crippen molar-refractivity contribution in [2.45, 2.75) is 46.5 Å². The predicted octanol–water partition coefficient (Wildman–Crippen LogP) is 4.50. The van der Waals surface area contributed by atoms with E-state index in [1.165, 1.54) is 35.4 Å². The van der Waals surface area contributed by atoms with Gasteiger partial charge in [0.2, 0.25) is 0 Å². The summed E-state index contributed by atoms with van der Waals surface area (Å²) >= 11 is 0. The first-order chi connectivity index (χ1) is 13.0. The number of hydrazine groups is 1. The maximum atomic E-state index is 12.7. The molecule has 1 fully saturated rings. The highest BCUT2D eigenvalue weighted by molar-refractivity contribution is 6.31. The summed E-state index contributed by atoms with van der Waals surface area (Å²) in [7, 11) is 0. The number of anilines is 1. The van der Waals surface area contributed by atoms with Gasteiger partial charge in [-0.25, -0.2) is 5.01 Å². The summed E-state index contributed by atoms with van der Waals surface area (Å²) in [4.78, 5) is 25.1. The molecular weight excluding hydrogens is 336 g/mol. The maximum absolute atomic E-state index is 12.7. The van der Waals surface area contributed by atoms with Gasteiger partial charge in [0.05, 0.1) is 5.69 Å². The van der Waals surface area contributed by atoms with E-state index in [9.17, 15) is 9.59 Å². The molecule has 1 aliphatic heterocycles. The average molecular weight is 362 g/mol. The van der Waals surface area contributed by atoms with E-state index in [1.54, 1.807) is 18.2 Å². The van der Waals surface area contributed by atoms with Gasteiger partial charge in [-0.15, -0.1) is 0 Å². The fraction of sp³-hybridized carbons (Fsp3) is 0.304. The SMILES string of the molecule is CCCCCc1ccc(C=C2C(=O)NN(c3ccccc3)C2=O)c(C)c1C. The number of hydrogen-bond acceptors (Lipinski definition) is 2. The van der Waals surface area contributed by atoms with E-state index in [1.807, 2.05) is 24.3 Å². The number of nitrogens with one attached hydrogen (secondary N) is 1. The van der Waals surface area contributed by atoms with Crippen molar-refractivity contribution in [2.75, 3.05) is 5.01 Å². The Bertz CT molecular complexity index is 885. The zero-order chi connectivity index (χ0) is 19.4. The van der Waals surface area contributed by atoms with E-state index in [-0.39, 0.29) is 17.4 Å². The Balaban J connectivity index is 1.87.